The van der Waals surface area contributed by atoms with Crippen molar-refractivity contribution < 1.29 is 9.47 Å². The Morgan fingerprint density at radius 2 is 1.93 bits per heavy atom. The average Bonchev–Trinajstić information content (AvgIpc) is 2.70. The van der Waals surface area contributed by atoms with E-state index in [-0.39, 0.29) is 6.10 Å². The molecule has 0 spiro atoms. The average molecular weight is 416 g/mol. The Balaban J connectivity index is 1.78. The highest BCUT2D eigenvalue weighted by molar-refractivity contribution is 5.80. The molecular weight excluding hydrogens is 382 g/mol. The maximum Gasteiger partial charge on any atom is 0.230 e. The molecule has 0 bridgehead atoms. The molecule has 0 radical (unpaired) electrons. The Kier molecular flexibility index (Phi) is 7.17. The summed E-state index contributed by atoms with van der Waals surface area (Å²) in [6.45, 7) is 3.68. The Hall–Kier alpha value is -2.78. The second-order valence-corrected chi connectivity index (χ2v) is 7.85. The van der Waals surface area contributed by atoms with E-state index in [1.807, 2.05) is 19.2 Å². The van der Waals surface area contributed by atoms with Gasteiger partial charge < -0.3 is 29.9 Å². The van der Waals surface area contributed by atoms with Gasteiger partial charge in [-0.1, -0.05) is 0 Å². The SMILES string of the molecule is CNc1cc(Nc2nccc(OC3CN(C)C3)n2)c(OC)cc1N(C)CCN(C)C. The number of hydrogen-bond acceptors (Lipinski definition) is 9. The molecule has 0 unspecified atom stereocenters. The molecule has 9 nitrogen and oxygen atoms in total. The molecule has 164 valence electrons. The van der Waals surface area contributed by atoms with Gasteiger partial charge in [0.25, 0.3) is 0 Å². The number of rotatable bonds is 10. The summed E-state index contributed by atoms with van der Waals surface area (Å²) in [6, 6.07) is 5.81. The van der Waals surface area contributed by atoms with Crippen molar-refractivity contribution in [1.82, 2.24) is 19.8 Å². The number of likely N-dealkylation sites (tertiary alicyclic amines) is 1. The van der Waals surface area contributed by atoms with Crippen LogP contribution in [0.2, 0.25) is 0 Å². The maximum atomic E-state index is 5.91. The number of nitrogens with zero attached hydrogens (tertiary/aromatic N) is 5. The van der Waals surface area contributed by atoms with E-state index in [0.29, 0.717) is 11.8 Å². The van der Waals surface area contributed by atoms with E-state index in [9.17, 15) is 0 Å². The Morgan fingerprint density at radius 3 is 2.57 bits per heavy atom. The largest absolute Gasteiger partial charge is 0.494 e. The summed E-state index contributed by atoms with van der Waals surface area (Å²) in [6.07, 6.45) is 1.88. The topological polar surface area (TPSA) is 78.0 Å². The minimum atomic E-state index is 0.181. The lowest BCUT2D eigenvalue weighted by atomic mass is 10.2. The van der Waals surface area contributed by atoms with Crippen LogP contribution in [0, 0.1) is 0 Å². The van der Waals surface area contributed by atoms with Gasteiger partial charge in [-0.15, -0.1) is 0 Å². The molecule has 3 rings (SSSR count). The number of likely N-dealkylation sites (N-methyl/N-ethyl adjacent to an activating group) is 3. The number of methoxy groups -OCH3 is 1. The molecule has 1 fully saturated rings. The van der Waals surface area contributed by atoms with Gasteiger partial charge in [0.2, 0.25) is 11.8 Å². The van der Waals surface area contributed by atoms with E-state index in [4.69, 9.17) is 9.47 Å². The lowest BCUT2D eigenvalue weighted by molar-refractivity contribution is 0.0356. The first-order valence-electron chi connectivity index (χ1n) is 10.1. The smallest absolute Gasteiger partial charge is 0.230 e. The molecule has 0 atom stereocenters. The summed E-state index contributed by atoms with van der Waals surface area (Å²) in [5, 5.41) is 6.55. The van der Waals surface area contributed by atoms with Crippen LogP contribution in [0.4, 0.5) is 23.0 Å². The summed E-state index contributed by atoms with van der Waals surface area (Å²) < 4.78 is 11.6. The molecule has 0 amide bonds. The summed E-state index contributed by atoms with van der Waals surface area (Å²) in [5.41, 5.74) is 2.84. The van der Waals surface area contributed by atoms with Gasteiger partial charge in [-0.25, -0.2) is 4.98 Å². The molecule has 2 N–H and O–H groups in total. The molecular formula is C21H33N7O2. The molecule has 0 aliphatic carbocycles. The van der Waals surface area contributed by atoms with Crippen molar-refractivity contribution in [2.75, 3.05) is 84.1 Å². The predicted molar refractivity (Wildman–Crippen MR) is 122 cm³/mol. The molecule has 1 aromatic carbocycles. The number of hydrogen-bond donors (Lipinski definition) is 2. The Bertz CT molecular complexity index is 840. The first-order chi connectivity index (χ1) is 14.4. The van der Waals surface area contributed by atoms with Crippen LogP contribution in [0.25, 0.3) is 0 Å². The van der Waals surface area contributed by atoms with Crippen molar-refractivity contribution in [1.29, 1.82) is 0 Å². The second kappa shape index (κ2) is 9.82. The van der Waals surface area contributed by atoms with Gasteiger partial charge in [0, 0.05) is 58.6 Å². The summed E-state index contributed by atoms with van der Waals surface area (Å²) >= 11 is 0. The van der Waals surface area contributed by atoms with Gasteiger partial charge >= 0.3 is 0 Å². The Labute approximate surface area is 179 Å². The van der Waals surface area contributed by atoms with Crippen molar-refractivity contribution in [2.45, 2.75) is 6.10 Å². The highest BCUT2D eigenvalue weighted by atomic mass is 16.5. The van der Waals surface area contributed by atoms with Crippen LogP contribution >= 0.6 is 0 Å². The van der Waals surface area contributed by atoms with Crippen molar-refractivity contribution in [3.63, 3.8) is 0 Å². The van der Waals surface area contributed by atoms with Crippen LogP contribution in [-0.2, 0) is 0 Å². The molecule has 0 saturated carbocycles. The monoisotopic (exact) mass is 415 g/mol. The first-order valence-corrected chi connectivity index (χ1v) is 10.1. The van der Waals surface area contributed by atoms with Crippen LogP contribution in [0.1, 0.15) is 0 Å². The van der Waals surface area contributed by atoms with Crippen molar-refractivity contribution in [3.05, 3.63) is 24.4 Å². The van der Waals surface area contributed by atoms with Crippen LogP contribution in [0.15, 0.2) is 24.4 Å². The standard InChI is InChI=1S/C21H33N7O2/c1-22-16-11-17(19(29-6)12-18(16)28(5)10-9-26(2)3)24-21-23-8-7-20(25-21)30-15-13-27(4)14-15/h7-8,11-12,15,22H,9-10,13-14H2,1-6H3,(H,23,24,25). The van der Waals surface area contributed by atoms with Gasteiger partial charge in [-0.05, 0) is 27.2 Å². The fraction of sp³-hybridized carbons (Fsp3) is 0.524. The minimum Gasteiger partial charge on any atom is -0.494 e. The second-order valence-electron chi connectivity index (χ2n) is 7.85. The zero-order chi connectivity index (χ0) is 21.7. The third-order valence-corrected chi connectivity index (χ3v) is 5.08. The van der Waals surface area contributed by atoms with Gasteiger partial charge in [0.15, 0.2) is 0 Å². The quantitative estimate of drug-likeness (QED) is 0.605. The van der Waals surface area contributed by atoms with Crippen LogP contribution in [0.5, 0.6) is 11.6 Å². The number of nitrogens with one attached hydrogen (secondary N) is 2. The molecule has 1 aliphatic heterocycles. The van der Waals surface area contributed by atoms with Crippen LogP contribution in [0.3, 0.4) is 0 Å². The van der Waals surface area contributed by atoms with Gasteiger partial charge in [-0.2, -0.15) is 4.98 Å². The van der Waals surface area contributed by atoms with Gasteiger partial charge in [0.1, 0.15) is 11.9 Å². The molecule has 1 aromatic heterocycles. The molecule has 1 saturated heterocycles. The van der Waals surface area contributed by atoms with Crippen LogP contribution in [-0.4, -0.2) is 94.4 Å². The first kappa shape index (κ1) is 21.9. The van der Waals surface area contributed by atoms with E-state index in [1.54, 1.807) is 19.4 Å². The van der Waals surface area contributed by atoms with Crippen molar-refractivity contribution >= 4 is 23.0 Å². The normalized spacial score (nSPS) is 14.4. The Morgan fingerprint density at radius 1 is 1.17 bits per heavy atom. The van der Waals surface area contributed by atoms with Gasteiger partial charge in [-0.3, -0.25) is 4.90 Å². The maximum absolute atomic E-state index is 5.91. The van der Waals surface area contributed by atoms with E-state index in [0.717, 1.165) is 49.0 Å². The van der Waals surface area contributed by atoms with Crippen LogP contribution < -0.4 is 25.0 Å². The third-order valence-electron chi connectivity index (χ3n) is 5.08. The van der Waals surface area contributed by atoms with Crippen molar-refractivity contribution in [2.24, 2.45) is 0 Å². The lowest BCUT2D eigenvalue weighted by Gasteiger charge is -2.35. The number of anilines is 4. The molecule has 9 heteroatoms. The third kappa shape index (κ3) is 5.43. The number of benzene rings is 1. The fourth-order valence-corrected chi connectivity index (χ4v) is 3.30. The fourth-order valence-electron chi connectivity index (χ4n) is 3.30. The molecule has 1 aliphatic rings. The highest BCUT2D eigenvalue weighted by Crippen LogP contribution is 2.37. The molecule has 2 heterocycles. The summed E-state index contributed by atoms with van der Waals surface area (Å²) in [5.74, 6) is 1.75. The highest BCUT2D eigenvalue weighted by Gasteiger charge is 2.25. The summed E-state index contributed by atoms with van der Waals surface area (Å²) in [4.78, 5) is 15.4. The van der Waals surface area contributed by atoms with Gasteiger partial charge in [0.05, 0.1) is 24.2 Å². The lowest BCUT2D eigenvalue weighted by Crippen LogP contribution is -2.51. The summed E-state index contributed by atoms with van der Waals surface area (Å²) in [7, 11) is 11.9. The molecule has 2 aromatic rings. The minimum absolute atomic E-state index is 0.181. The van der Waals surface area contributed by atoms with Crippen molar-refractivity contribution in [3.8, 4) is 11.6 Å². The van der Waals surface area contributed by atoms with E-state index in [1.165, 1.54) is 0 Å². The zero-order valence-electron chi connectivity index (χ0n) is 18.8. The zero-order valence-corrected chi connectivity index (χ0v) is 18.8. The van der Waals surface area contributed by atoms with E-state index >= 15 is 0 Å². The number of ether oxygens (including phenoxy) is 2. The van der Waals surface area contributed by atoms with E-state index < -0.39 is 0 Å². The van der Waals surface area contributed by atoms with E-state index in [2.05, 4.69) is 63.5 Å². The number of aromatic nitrogens is 2. The predicted octanol–water partition coefficient (Wildman–Crippen LogP) is 1.96. The molecule has 30 heavy (non-hydrogen) atoms.